The number of aryl methyl sites for hydroxylation is 1. The van der Waals surface area contributed by atoms with Crippen LogP contribution in [0.4, 0.5) is 13.2 Å². The Morgan fingerprint density at radius 3 is 2.14 bits per heavy atom. The summed E-state index contributed by atoms with van der Waals surface area (Å²) in [5, 5.41) is 11.0. The Kier molecular flexibility index (Phi) is 4.51. The van der Waals surface area contributed by atoms with Crippen molar-refractivity contribution in [2.24, 2.45) is 0 Å². The Labute approximate surface area is 129 Å². The predicted octanol–water partition coefficient (Wildman–Crippen LogP) is 5.40. The van der Waals surface area contributed by atoms with Crippen LogP contribution < -0.4 is 0 Å². The lowest BCUT2D eigenvalue weighted by Crippen LogP contribution is -2.08. The van der Waals surface area contributed by atoms with Gasteiger partial charge in [0.05, 0.1) is 5.56 Å². The van der Waals surface area contributed by atoms with Crippen molar-refractivity contribution in [1.82, 2.24) is 0 Å². The van der Waals surface area contributed by atoms with Crippen LogP contribution in [0.15, 0.2) is 36.4 Å². The maximum absolute atomic E-state index is 12.6. The third-order valence-electron chi connectivity index (χ3n) is 3.15. The predicted molar refractivity (Wildman–Crippen MR) is 76.7 cm³/mol. The molecule has 0 spiro atoms. The zero-order valence-corrected chi connectivity index (χ0v) is 12.4. The molecule has 1 N–H and O–H groups in total. The van der Waals surface area contributed by atoms with Gasteiger partial charge in [0.15, 0.2) is 0 Å². The average Bonchev–Trinajstić information content (AvgIpc) is 2.36. The lowest BCUT2D eigenvalue weighted by molar-refractivity contribution is -0.137. The van der Waals surface area contributed by atoms with Gasteiger partial charge in [0, 0.05) is 15.6 Å². The molecule has 0 amide bonds. The molecule has 0 saturated heterocycles. The molecule has 0 aliphatic rings. The van der Waals surface area contributed by atoms with Gasteiger partial charge in [0.1, 0.15) is 6.10 Å². The lowest BCUT2D eigenvalue weighted by Gasteiger charge is -2.17. The SMILES string of the molecule is Cc1cc(C(F)(F)F)ccc1C(O)c1ccc(Cl)cc1Cl. The monoisotopic (exact) mass is 334 g/mol. The maximum atomic E-state index is 12.6. The summed E-state index contributed by atoms with van der Waals surface area (Å²) in [4.78, 5) is 0. The molecule has 0 bridgehead atoms. The van der Waals surface area contributed by atoms with Gasteiger partial charge in [-0.1, -0.05) is 35.3 Å². The Hall–Kier alpha value is -1.23. The molecule has 1 atom stereocenters. The zero-order chi connectivity index (χ0) is 15.8. The lowest BCUT2D eigenvalue weighted by atomic mass is 9.96. The Morgan fingerprint density at radius 2 is 1.62 bits per heavy atom. The summed E-state index contributed by atoms with van der Waals surface area (Å²) in [5.74, 6) is 0. The average molecular weight is 335 g/mol. The van der Waals surface area contributed by atoms with Crippen LogP contribution in [0, 0.1) is 6.92 Å². The number of halogens is 5. The number of hydrogen-bond acceptors (Lipinski definition) is 1. The molecular formula is C15H11Cl2F3O. The summed E-state index contributed by atoms with van der Waals surface area (Å²) < 4.78 is 37.9. The maximum Gasteiger partial charge on any atom is 0.416 e. The summed E-state index contributed by atoms with van der Waals surface area (Å²) in [7, 11) is 0. The van der Waals surface area contributed by atoms with E-state index in [9.17, 15) is 18.3 Å². The van der Waals surface area contributed by atoms with Gasteiger partial charge in [-0.25, -0.2) is 0 Å². The van der Waals surface area contributed by atoms with Crippen molar-refractivity contribution in [3.8, 4) is 0 Å². The fourth-order valence-electron chi connectivity index (χ4n) is 2.05. The quantitative estimate of drug-likeness (QED) is 0.779. The van der Waals surface area contributed by atoms with Crippen LogP contribution in [0.25, 0.3) is 0 Å². The summed E-state index contributed by atoms with van der Waals surface area (Å²) in [6.45, 7) is 1.51. The van der Waals surface area contributed by atoms with Gasteiger partial charge in [0.2, 0.25) is 0 Å². The molecule has 0 saturated carbocycles. The van der Waals surface area contributed by atoms with Crippen molar-refractivity contribution in [3.05, 3.63) is 68.7 Å². The fraction of sp³-hybridized carbons (Fsp3) is 0.200. The molecule has 21 heavy (non-hydrogen) atoms. The highest BCUT2D eigenvalue weighted by molar-refractivity contribution is 6.35. The van der Waals surface area contributed by atoms with E-state index in [4.69, 9.17) is 23.2 Å². The zero-order valence-electron chi connectivity index (χ0n) is 10.9. The van der Waals surface area contributed by atoms with E-state index in [1.165, 1.54) is 19.1 Å². The Balaban J connectivity index is 2.42. The Morgan fingerprint density at radius 1 is 1.00 bits per heavy atom. The first-order valence-corrected chi connectivity index (χ1v) is 6.76. The highest BCUT2D eigenvalue weighted by Crippen LogP contribution is 2.35. The minimum atomic E-state index is -4.41. The van der Waals surface area contributed by atoms with Crippen LogP contribution in [0.3, 0.4) is 0 Å². The van der Waals surface area contributed by atoms with Crippen molar-refractivity contribution in [3.63, 3.8) is 0 Å². The van der Waals surface area contributed by atoms with Gasteiger partial charge >= 0.3 is 6.18 Å². The second-order valence-electron chi connectivity index (χ2n) is 4.64. The van der Waals surface area contributed by atoms with Crippen LogP contribution in [-0.4, -0.2) is 5.11 Å². The summed E-state index contributed by atoms with van der Waals surface area (Å²) in [6.07, 6.45) is -5.52. The van der Waals surface area contributed by atoms with E-state index < -0.39 is 17.8 Å². The van der Waals surface area contributed by atoms with E-state index in [1.807, 2.05) is 0 Å². The minimum absolute atomic E-state index is 0.259. The van der Waals surface area contributed by atoms with E-state index >= 15 is 0 Å². The molecule has 0 fully saturated rings. The second-order valence-corrected chi connectivity index (χ2v) is 5.48. The van der Waals surface area contributed by atoms with Crippen LogP contribution in [0.2, 0.25) is 10.0 Å². The normalized spacial score (nSPS) is 13.3. The highest BCUT2D eigenvalue weighted by Gasteiger charge is 2.31. The fourth-order valence-corrected chi connectivity index (χ4v) is 2.56. The van der Waals surface area contributed by atoms with Gasteiger partial charge in [0.25, 0.3) is 0 Å². The molecule has 112 valence electrons. The minimum Gasteiger partial charge on any atom is -0.384 e. The second kappa shape index (κ2) is 5.87. The molecule has 6 heteroatoms. The molecule has 2 aromatic rings. The van der Waals surface area contributed by atoms with E-state index in [1.54, 1.807) is 12.1 Å². The first kappa shape index (κ1) is 16.1. The molecule has 0 radical (unpaired) electrons. The van der Waals surface area contributed by atoms with Crippen molar-refractivity contribution < 1.29 is 18.3 Å². The van der Waals surface area contributed by atoms with E-state index in [0.29, 0.717) is 21.7 Å². The standard InChI is InChI=1S/C15H11Cl2F3O/c1-8-6-9(15(18,19)20)2-4-11(8)14(21)12-5-3-10(16)7-13(12)17/h2-7,14,21H,1H3. The first-order chi connectivity index (χ1) is 9.70. The molecule has 2 aromatic carbocycles. The summed E-state index contributed by atoms with van der Waals surface area (Å²) in [5.41, 5.74) is 0.345. The number of hydrogen-bond donors (Lipinski definition) is 1. The van der Waals surface area contributed by atoms with Crippen LogP contribution >= 0.6 is 23.2 Å². The third-order valence-corrected chi connectivity index (χ3v) is 3.71. The van der Waals surface area contributed by atoms with Crippen molar-refractivity contribution in [2.45, 2.75) is 19.2 Å². The van der Waals surface area contributed by atoms with Crippen molar-refractivity contribution >= 4 is 23.2 Å². The number of benzene rings is 2. The molecule has 0 aliphatic carbocycles. The molecule has 0 heterocycles. The molecule has 0 aromatic heterocycles. The van der Waals surface area contributed by atoms with Gasteiger partial charge in [-0.3, -0.25) is 0 Å². The first-order valence-electron chi connectivity index (χ1n) is 6.01. The highest BCUT2D eigenvalue weighted by atomic mass is 35.5. The van der Waals surface area contributed by atoms with Crippen molar-refractivity contribution in [2.75, 3.05) is 0 Å². The van der Waals surface area contributed by atoms with Crippen LogP contribution in [-0.2, 0) is 6.18 Å². The molecule has 2 rings (SSSR count). The van der Waals surface area contributed by atoms with Crippen LogP contribution in [0.1, 0.15) is 28.4 Å². The molecule has 1 unspecified atom stereocenters. The van der Waals surface area contributed by atoms with Gasteiger partial charge in [-0.05, 0) is 42.3 Å². The number of rotatable bonds is 2. The topological polar surface area (TPSA) is 20.2 Å². The van der Waals surface area contributed by atoms with E-state index in [2.05, 4.69) is 0 Å². The van der Waals surface area contributed by atoms with Gasteiger partial charge in [-0.2, -0.15) is 13.2 Å². The number of aliphatic hydroxyl groups excluding tert-OH is 1. The van der Waals surface area contributed by atoms with Crippen LogP contribution in [0.5, 0.6) is 0 Å². The molecule has 1 nitrogen and oxygen atoms in total. The third kappa shape index (κ3) is 3.51. The summed E-state index contributed by atoms with van der Waals surface area (Å²) in [6, 6.07) is 7.78. The number of aliphatic hydroxyl groups is 1. The smallest absolute Gasteiger partial charge is 0.384 e. The number of alkyl halides is 3. The van der Waals surface area contributed by atoms with E-state index in [0.717, 1.165) is 12.1 Å². The largest absolute Gasteiger partial charge is 0.416 e. The molecule has 0 aliphatic heterocycles. The van der Waals surface area contributed by atoms with Gasteiger partial charge < -0.3 is 5.11 Å². The summed E-state index contributed by atoms with van der Waals surface area (Å²) >= 11 is 11.8. The van der Waals surface area contributed by atoms with E-state index in [-0.39, 0.29) is 5.02 Å². The van der Waals surface area contributed by atoms with Gasteiger partial charge in [-0.15, -0.1) is 0 Å². The molecular weight excluding hydrogens is 324 g/mol. The Bertz CT molecular complexity index is 668. The van der Waals surface area contributed by atoms with Crippen molar-refractivity contribution in [1.29, 1.82) is 0 Å².